The molecule has 1 fully saturated rings. The number of likely N-dealkylation sites (tertiary alicyclic amines) is 1. The van der Waals surface area contributed by atoms with Gasteiger partial charge in [0.1, 0.15) is 10.5 Å². The molecule has 188 valence electrons. The number of ether oxygens (including phenoxy) is 1. The van der Waals surface area contributed by atoms with Crippen molar-refractivity contribution in [3.8, 4) is 0 Å². The zero-order chi connectivity index (χ0) is 25.7. The molecule has 6 heteroatoms. The Hall–Kier alpha value is -3.25. The first kappa shape index (κ1) is 25.8. The molecule has 2 heterocycles. The predicted octanol–water partition coefficient (Wildman–Crippen LogP) is 6.15. The number of ketones is 1. The molecule has 1 amide bonds. The first-order valence-electron chi connectivity index (χ1n) is 12.5. The number of esters is 1. The number of benzene rings is 2. The first-order valence-corrected chi connectivity index (χ1v) is 13.3. The molecule has 1 atom stereocenters. The topological polar surface area (TPSA) is 63.7 Å². The molecule has 0 bridgehead atoms. The molecule has 3 aromatic rings. The number of thiophene rings is 1. The Balaban J connectivity index is 1.28. The molecule has 0 N–H and O–H groups in total. The van der Waals surface area contributed by atoms with Crippen LogP contribution in [0.5, 0.6) is 0 Å². The summed E-state index contributed by atoms with van der Waals surface area (Å²) in [6.45, 7) is 6.20. The number of hydrogen-bond acceptors (Lipinski definition) is 5. The molecule has 36 heavy (non-hydrogen) atoms. The van der Waals surface area contributed by atoms with Crippen molar-refractivity contribution in [2.75, 3.05) is 6.54 Å². The molecule has 2 aromatic carbocycles. The highest BCUT2D eigenvalue weighted by Crippen LogP contribution is 2.24. The van der Waals surface area contributed by atoms with Gasteiger partial charge in [-0.25, -0.2) is 4.79 Å². The summed E-state index contributed by atoms with van der Waals surface area (Å²) < 4.78 is 5.44. The normalized spacial score (nSPS) is 16.2. The summed E-state index contributed by atoms with van der Waals surface area (Å²) >= 11 is 1.44. The zero-order valence-electron chi connectivity index (χ0n) is 21.2. The fourth-order valence-electron chi connectivity index (χ4n) is 4.45. The number of hydrogen-bond donors (Lipinski definition) is 0. The second kappa shape index (κ2) is 11.2. The molecule has 0 saturated carbocycles. The fourth-order valence-corrected chi connectivity index (χ4v) is 5.37. The number of fused-ring (bicyclic) bond motifs is 1. The quantitative estimate of drug-likeness (QED) is 0.260. The highest BCUT2D eigenvalue weighted by atomic mass is 32.1. The highest BCUT2D eigenvalue weighted by Gasteiger charge is 2.28. The largest absolute Gasteiger partial charge is 0.456 e. The van der Waals surface area contributed by atoms with Crippen molar-refractivity contribution < 1.29 is 19.1 Å². The van der Waals surface area contributed by atoms with Crippen LogP contribution in [0.1, 0.15) is 60.1 Å². The summed E-state index contributed by atoms with van der Waals surface area (Å²) in [6.07, 6.45) is 6.71. The third kappa shape index (κ3) is 6.91. The number of carbonyl (C=O) groups is 3. The maximum Gasteiger partial charge on any atom is 0.348 e. The minimum atomic E-state index is -0.517. The van der Waals surface area contributed by atoms with Crippen molar-refractivity contribution in [2.24, 2.45) is 0 Å². The van der Waals surface area contributed by atoms with Gasteiger partial charge in [-0.2, -0.15) is 0 Å². The van der Waals surface area contributed by atoms with Gasteiger partial charge in [-0.15, -0.1) is 11.3 Å². The van der Waals surface area contributed by atoms with E-state index in [1.807, 2.05) is 68.1 Å². The van der Waals surface area contributed by atoms with Crippen LogP contribution in [0.3, 0.4) is 0 Å². The van der Waals surface area contributed by atoms with E-state index in [2.05, 4.69) is 18.2 Å². The number of rotatable bonds is 9. The fraction of sp³-hybridized carbons (Fsp3) is 0.367. The summed E-state index contributed by atoms with van der Waals surface area (Å²) in [5.74, 6) is -0.128. The summed E-state index contributed by atoms with van der Waals surface area (Å²) in [5, 5.41) is 2.29. The average molecular weight is 504 g/mol. The Morgan fingerprint density at radius 1 is 1.08 bits per heavy atom. The number of amides is 1. The Morgan fingerprint density at radius 3 is 2.64 bits per heavy atom. The van der Waals surface area contributed by atoms with Gasteiger partial charge in [0, 0.05) is 24.3 Å². The maximum absolute atomic E-state index is 12.6. The van der Waals surface area contributed by atoms with E-state index in [0.29, 0.717) is 24.3 Å². The van der Waals surface area contributed by atoms with Crippen LogP contribution in [0.4, 0.5) is 0 Å². The van der Waals surface area contributed by atoms with Crippen LogP contribution in [0, 0.1) is 0 Å². The van der Waals surface area contributed by atoms with Gasteiger partial charge in [-0.3, -0.25) is 9.59 Å². The molecular weight excluding hydrogens is 470 g/mol. The second-order valence-corrected chi connectivity index (χ2v) is 11.4. The minimum absolute atomic E-state index is 0.0397. The van der Waals surface area contributed by atoms with E-state index in [-0.39, 0.29) is 23.7 Å². The number of aryl methyl sites for hydroxylation is 1. The lowest BCUT2D eigenvalue weighted by molar-refractivity contribution is -0.128. The van der Waals surface area contributed by atoms with E-state index < -0.39 is 5.60 Å². The lowest BCUT2D eigenvalue weighted by Crippen LogP contribution is -2.33. The summed E-state index contributed by atoms with van der Waals surface area (Å²) in [7, 11) is 0. The van der Waals surface area contributed by atoms with Crippen molar-refractivity contribution in [2.45, 2.75) is 64.5 Å². The van der Waals surface area contributed by atoms with Gasteiger partial charge in [-0.1, -0.05) is 48.5 Å². The Morgan fingerprint density at radius 2 is 1.86 bits per heavy atom. The summed E-state index contributed by atoms with van der Waals surface area (Å²) in [4.78, 5) is 40.9. The zero-order valence-corrected chi connectivity index (χ0v) is 22.0. The number of nitrogens with zero attached hydrogens (tertiary/aromatic N) is 1. The van der Waals surface area contributed by atoms with Gasteiger partial charge < -0.3 is 9.64 Å². The van der Waals surface area contributed by atoms with Crippen LogP contribution >= 0.6 is 11.3 Å². The molecular formula is C30H33NO4S. The van der Waals surface area contributed by atoms with E-state index in [9.17, 15) is 14.4 Å². The van der Waals surface area contributed by atoms with Crippen LogP contribution in [0.25, 0.3) is 10.8 Å². The van der Waals surface area contributed by atoms with Crippen molar-refractivity contribution in [3.05, 3.63) is 82.1 Å². The van der Waals surface area contributed by atoms with Gasteiger partial charge in [0.15, 0.2) is 5.78 Å². The Labute approximate surface area is 216 Å². The van der Waals surface area contributed by atoms with E-state index in [1.54, 1.807) is 6.08 Å². The van der Waals surface area contributed by atoms with Crippen LogP contribution < -0.4 is 0 Å². The average Bonchev–Trinajstić information content (AvgIpc) is 3.44. The van der Waals surface area contributed by atoms with Gasteiger partial charge in [0.05, 0.1) is 6.04 Å². The monoisotopic (exact) mass is 503 g/mol. The molecule has 1 aliphatic rings. The molecule has 0 spiro atoms. The molecule has 1 unspecified atom stereocenters. The molecule has 1 saturated heterocycles. The highest BCUT2D eigenvalue weighted by molar-refractivity contribution is 7.13. The number of allylic oxidation sites excluding steroid dienone is 1. The third-order valence-corrected chi connectivity index (χ3v) is 7.28. The SMILES string of the molecule is CC(C)(C)OC(=O)c1ccc(CCCN2C(=O)CCC2/C=C/C(=O)Cc2ccc3ccccc3c2)s1. The van der Waals surface area contributed by atoms with E-state index in [0.717, 1.165) is 40.5 Å². The molecule has 1 aromatic heterocycles. The lowest BCUT2D eigenvalue weighted by atomic mass is 10.0. The molecule has 1 aliphatic heterocycles. The van der Waals surface area contributed by atoms with Crippen molar-refractivity contribution >= 4 is 39.8 Å². The minimum Gasteiger partial charge on any atom is -0.456 e. The van der Waals surface area contributed by atoms with E-state index >= 15 is 0 Å². The summed E-state index contributed by atoms with van der Waals surface area (Å²) in [6, 6.07) is 17.9. The maximum atomic E-state index is 12.6. The summed E-state index contributed by atoms with van der Waals surface area (Å²) in [5.41, 5.74) is 0.473. The number of carbonyl (C=O) groups excluding carboxylic acids is 3. The van der Waals surface area contributed by atoms with E-state index in [1.165, 1.54) is 11.3 Å². The van der Waals surface area contributed by atoms with Crippen LogP contribution in [0.2, 0.25) is 0 Å². The third-order valence-electron chi connectivity index (χ3n) is 6.16. The smallest absolute Gasteiger partial charge is 0.348 e. The van der Waals surface area contributed by atoms with E-state index in [4.69, 9.17) is 4.74 Å². The van der Waals surface area contributed by atoms with Crippen LogP contribution in [-0.4, -0.2) is 40.7 Å². The molecule has 4 rings (SSSR count). The van der Waals surface area contributed by atoms with Gasteiger partial charge in [0.2, 0.25) is 5.91 Å². The van der Waals surface area contributed by atoms with Gasteiger partial charge in [0.25, 0.3) is 0 Å². The lowest BCUT2D eigenvalue weighted by Gasteiger charge is -2.22. The molecule has 5 nitrogen and oxygen atoms in total. The standard InChI is InChI=1S/C30H33NO4S/c1-30(2,3)35-29(34)27-16-15-26(36-27)9-6-18-31-24(13-17-28(31)33)12-14-25(32)20-21-10-11-22-7-4-5-8-23(22)19-21/h4-5,7-8,10-12,14-16,19,24H,6,9,13,17-18,20H2,1-3H3/b14-12+. The van der Waals surface area contributed by atoms with Crippen LogP contribution in [-0.2, 0) is 27.2 Å². The molecule has 0 radical (unpaired) electrons. The van der Waals surface area contributed by atoms with Gasteiger partial charge >= 0.3 is 5.97 Å². The predicted molar refractivity (Wildman–Crippen MR) is 144 cm³/mol. The Bertz CT molecular complexity index is 1280. The Kier molecular flexibility index (Phi) is 8.04. The first-order chi connectivity index (χ1) is 17.2. The molecule has 0 aliphatic carbocycles. The van der Waals surface area contributed by atoms with Crippen molar-refractivity contribution in [3.63, 3.8) is 0 Å². The van der Waals surface area contributed by atoms with Crippen molar-refractivity contribution in [1.29, 1.82) is 0 Å². The van der Waals surface area contributed by atoms with Crippen LogP contribution in [0.15, 0.2) is 66.7 Å². The second-order valence-electron chi connectivity index (χ2n) is 10.2. The van der Waals surface area contributed by atoms with Gasteiger partial charge in [-0.05, 0) is 74.6 Å². The van der Waals surface area contributed by atoms with Crippen molar-refractivity contribution in [1.82, 2.24) is 4.90 Å².